The third kappa shape index (κ3) is 6.12. The molecule has 3 N–H and O–H groups in total. The zero-order valence-corrected chi connectivity index (χ0v) is 12.8. The van der Waals surface area contributed by atoms with Crippen molar-refractivity contribution in [3.63, 3.8) is 0 Å². The van der Waals surface area contributed by atoms with Gasteiger partial charge in [-0.2, -0.15) is 0 Å². The lowest BCUT2D eigenvalue weighted by Crippen LogP contribution is -2.53. The van der Waals surface area contributed by atoms with Crippen molar-refractivity contribution >= 4 is 5.91 Å². The fourth-order valence-electron chi connectivity index (χ4n) is 2.00. The van der Waals surface area contributed by atoms with Gasteiger partial charge in [-0.1, -0.05) is 6.92 Å². The van der Waals surface area contributed by atoms with Gasteiger partial charge >= 0.3 is 0 Å². The van der Waals surface area contributed by atoms with E-state index in [2.05, 4.69) is 5.32 Å². The van der Waals surface area contributed by atoms with Crippen LogP contribution in [0.1, 0.15) is 39.5 Å². The Labute approximate surface area is 125 Å². The number of halogens is 1. The topological polar surface area (TPSA) is 64.3 Å². The molecule has 1 amide bonds. The van der Waals surface area contributed by atoms with Crippen molar-refractivity contribution in [1.82, 2.24) is 5.32 Å². The molecule has 118 valence electrons. The van der Waals surface area contributed by atoms with Gasteiger partial charge in [-0.15, -0.1) is 0 Å². The average molecular weight is 296 g/mol. The lowest BCUT2D eigenvalue weighted by atomic mass is 9.94. The smallest absolute Gasteiger partial charge is 0.237 e. The standard InChI is InChI=1S/C16H25FN2O2/c1-3-11-19-16(2,15(18)20)10-4-5-12-21-14-8-6-13(17)7-9-14/h6-9,19H,3-5,10-12H2,1-2H3,(H2,18,20). The molecule has 1 aromatic rings. The van der Waals surface area contributed by atoms with Crippen molar-refractivity contribution in [2.45, 2.75) is 45.1 Å². The third-order valence-corrected chi connectivity index (χ3v) is 3.46. The first-order valence-corrected chi connectivity index (χ1v) is 7.41. The quantitative estimate of drug-likeness (QED) is 0.652. The minimum absolute atomic E-state index is 0.276. The van der Waals surface area contributed by atoms with Gasteiger partial charge in [0.1, 0.15) is 11.6 Å². The largest absolute Gasteiger partial charge is 0.494 e. The van der Waals surface area contributed by atoms with E-state index in [9.17, 15) is 9.18 Å². The van der Waals surface area contributed by atoms with E-state index < -0.39 is 5.54 Å². The van der Waals surface area contributed by atoms with E-state index >= 15 is 0 Å². The highest BCUT2D eigenvalue weighted by Crippen LogP contribution is 2.15. The van der Waals surface area contributed by atoms with Gasteiger partial charge in [-0.3, -0.25) is 4.79 Å². The first-order chi connectivity index (χ1) is 9.98. The van der Waals surface area contributed by atoms with Crippen LogP contribution in [0.2, 0.25) is 0 Å². The molecule has 1 atom stereocenters. The van der Waals surface area contributed by atoms with Crippen LogP contribution in [0, 0.1) is 5.82 Å². The van der Waals surface area contributed by atoms with E-state index in [-0.39, 0.29) is 11.7 Å². The molecule has 0 radical (unpaired) electrons. The minimum Gasteiger partial charge on any atom is -0.494 e. The number of amides is 1. The van der Waals surface area contributed by atoms with E-state index in [0.29, 0.717) is 18.8 Å². The summed E-state index contributed by atoms with van der Waals surface area (Å²) in [5.41, 5.74) is 4.80. The third-order valence-electron chi connectivity index (χ3n) is 3.46. The van der Waals surface area contributed by atoms with Gasteiger partial charge in [0.2, 0.25) is 5.91 Å². The summed E-state index contributed by atoms with van der Waals surface area (Å²) in [5, 5.41) is 3.20. The summed E-state index contributed by atoms with van der Waals surface area (Å²) in [4.78, 5) is 11.5. The molecule has 0 heterocycles. The summed E-state index contributed by atoms with van der Waals surface area (Å²) in [6.07, 6.45) is 3.27. The molecule has 0 aromatic heterocycles. The first-order valence-electron chi connectivity index (χ1n) is 7.41. The fourth-order valence-corrected chi connectivity index (χ4v) is 2.00. The Bertz CT molecular complexity index is 436. The van der Waals surface area contributed by atoms with Crippen LogP contribution in [0.4, 0.5) is 4.39 Å². The predicted molar refractivity (Wildman–Crippen MR) is 81.6 cm³/mol. The van der Waals surface area contributed by atoms with Gasteiger partial charge in [0.05, 0.1) is 12.1 Å². The van der Waals surface area contributed by atoms with Crippen LogP contribution in [0.3, 0.4) is 0 Å². The van der Waals surface area contributed by atoms with Crippen LogP contribution in [-0.4, -0.2) is 24.6 Å². The zero-order chi connectivity index (χ0) is 15.7. The second-order valence-electron chi connectivity index (χ2n) is 5.38. The maximum absolute atomic E-state index is 12.7. The normalized spacial score (nSPS) is 13.7. The maximum atomic E-state index is 12.7. The Kier molecular flexibility index (Phi) is 7.15. The highest BCUT2D eigenvalue weighted by molar-refractivity contribution is 5.84. The molecule has 0 saturated heterocycles. The van der Waals surface area contributed by atoms with Gasteiger partial charge in [-0.05, 0) is 63.4 Å². The van der Waals surface area contributed by atoms with Crippen LogP contribution in [0.15, 0.2) is 24.3 Å². The molecule has 21 heavy (non-hydrogen) atoms. The Morgan fingerprint density at radius 2 is 2.00 bits per heavy atom. The lowest BCUT2D eigenvalue weighted by Gasteiger charge is -2.27. The van der Waals surface area contributed by atoms with Crippen LogP contribution in [0.25, 0.3) is 0 Å². The van der Waals surface area contributed by atoms with E-state index in [4.69, 9.17) is 10.5 Å². The molecule has 0 fully saturated rings. The highest BCUT2D eigenvalue weighted by atomic mass is 19.1. The summed E-state index contributed by atoms with van der Waals surface area (Å²) >= 11 is 0. The zero-order valence-electron chi connectivity index (χ0n) is 12.8. The molecule has 1 rings (SSSR count). The van der Waals surface area contributed by atoms with E-state index in [1.54, 1.807) is 12.1 Å². The summed E-state index contributed by atoms with van der Waals surface area (Å²) < 4.78 is 18.2. The number of benzene rings is 1. The molecular weight excluding hydrogens is 271 g/mol. The number of rotatable bonds is 10. The SMILES string of the molecule is CCCNC(C)(CCCCOc1ccc(F)cc1)C(N)=O. The minimum atomic E-state index is -0.661. The highest BCUT2D eigenvalue weighted by Gasteiger charge is 2.29. The van der Waals surface area contributed by atoms with Crippen molar-refractivity contribution in [1.29, 1.82) is 0 Å². The summed E-state index contributed by atoms with van der Waals surface area (Å²) in [7, 11) is 0. The Morgan fingerprint density at radius 1 is 1.33 bits per heavy atom. The molecule has 0 saturated carbocycles. The number of carbonyl (C=O) groups excluding carboxylic acids is 1. The van der Waals surface area contributed by atoms with Crippen molar-refractivity contribution in [3.05, 3.63) is 30.1 Å². The molecule has 0 aliphatic heterocycles. The van der Waals surface area contributed by atoms with Gasteiger partial charge in [0.25, 0.3) is 0 Å². The first kappa shape index (κ1) is 17.4. The monoisotopic (exact) mass is 296 g/mol. The Balaban J connectivity index is 2.28. The number of nitrogens with one attached hydrogen (secondary N) is 1. The van der Waals surface area contributed by atoms with E-state index in [1.165, 1.54) is 12.1 Å². The van der Waals surface area contributed by atoms with Crippen LogP contribution in [-0.2, 0) is 4.79 Å². The Morgan fingerprint density at radius 3 is 2.57 bits per heavy atom. The van der Waals surface area contributed by atoms with Crippen molar-refractivity contribution in [2.75, 3.05) is 13.2 Å². The predicted octanol–water partition coefficient (Wildman–Crippen LogP) is 2.62. The number of hydrogen-bond acceptors (Lipinski definition) is 3. The van der Waals surface area contributed by atoms with Crippen LogP contribution in [0.5, 0.6) is 5.75 Å². The number of carbonyl (C=O) groups is 1. The van der Waals surface area contributed by atoms with Gasteiger partial charge < -0.3 is 15.8 Å². The number of ether oxygens (including phenoxy) is 1. The summed E-state index contributed by atoms with van der Waals surface area (Å²) in [5.74, 6) is 0.0511. The van der Waals surface area contributed by atoms with E-state index in [0.717, 1.165) is 25.8 Å². The maximum Gasteiger partial charge on any atom is 0.237 e. The second-order valence-corrected chi connectivity index (χ2v) is 5.38. The second kappa shape index (κ2) is 8.62. The molecule has 0 spiro atoms. The molecule has 0 aliphatic rings. The van der Waals surface area contributed by atoms with Gasteiger partial charge in [0.15, 0.2) is 0 Å². The molecule has 5 heteroatoms. The molecule has 1 aromatic carbocycles. The number of nitrogens with two attached hydrogens (primary N) is 1. The average Bonchev–Trinajstić information content (AvgIpc) is 2.46. The molecular formula is C16H25FN2O2. The van der Waals surface area contributed by atoms with Crippen LogP contribution < -0.4 is 15.8 Å². The molecule has 0 aliphatic carbocycles. The summed E-state index contributed by atoms with van der Waals surface area (Å²) in [6, 6.07) is 5.94. The van der Waals surface area contributed by atoms with Gasteiger partial charge in [-0.25, -0.2) is 4.39 Å². The molecule has 4 nitrogen and oxygen atoms in total. The van der Waals surface area contributed by atoms with Crippen molar-refractivity contribution in [3.8, 4) is 5.75 Å². The van der Waals surface area contributed by atoms with E-state index in [1.807, 2.05) is 13.8 Å². The lowest BCUT2D eigenvalue weighted by molar-refractivity contribution is -0.124. The van der Waals surface area contributed by atoms with Crippen molar-refractivity contribution in [2.24, 2.45) is 5.73 Å². The van der Waals surface area contributed by atoms with Gasteiger partial charge in [0, 0.05) is 0 Å². The fraction of sp³-hybridized carbons (Fsp3) is 0.562. The van der Waals surface area contributed by atoms with Crippen molar-refractivity contribution < 1.29 is 13.9 Å². The molecule has 0 bridgehead atoms. The van der Waals surface area contributed by atoms with Crippen LogP contribution >= 0.6 is 0 Å². The number of unbranched alkanes of at least 4 members (excludes halogenated alkanes) is 1. The summed E-state index contributed by atoms with van der Waals surface area (Å²) in [6.45, 7) is 5.19. The molecule has 1 unspecified atom stereocenters. The Hall–Kier alpha value is -1.62. The number of hydrogen-bond donors (Lipinski definition) is 2. The number of primary amides is 1.